The van der Waals surface area contributed by atoms with E-state index in [2.05, 4.69) is 22.9 Å². The van der Waals surface area contributed by atoms with E-state index in [1.54, 1.807) is 0 Å². The number of rotatable bonds is 3. The Hall–Kier alpha value is -1.03. The van der Waals surface area contributed by atoms with Crippen LogP contribution in [0.2, 0.25) is 5.02 Å². The van der Waals surface area contributed by atoms with Crippen LogP contribution in [0.25, 0.3) is 10.9 Å². The molecule has 3 nitrogen and oxygen atoms in total. The number of aryl methyl sites for hydroxylation is 1. The van der Waals surface area contributed by atoms with E-state index >= 15 is 0 Å². The lowest BCUT2D eigenvalue weighted by Gasteiger charge is -2.23. The molecule has 1 aromatic carbocycles. The fourth-order valence-corrected chi connectivity index (χ4v) is 2.51. The number of aromatic amines is 1. The molecule has 0 bridgehead atoms. The quantitative estimate of drug-likeness (QED) is 0.881. The van der Waals surface area contributed by atoms with Crippen molar-refractivity contribution in [3.05, 3.63) is 34.5 Å². The van der Waals surface area contributed by atoms with Crippen molar-refractivity contribution in [2.45, 2.75) is 13.0 Å². The van der Waals surface area contributed by atoms with Gasteiger partial charge in [0.1, 0.15) is 0 Å². The molecule has 0 aliphatic carbocycles. The standard InChI is InChI=1S/C13H18ClN3/c1-8-13(12(7-15)17(2)3)10-5-4-9(14)6-11(10)16-8/h4-6,12,16H,7,15H2,1-3H3. The highest BCUT2D eigenvalue weighted by Crippen LogP contribution is 2.31. The highest BCUT2D eigenvalue weighted by Gasteiger charge is 2.19. The number of hydrogen-bond acceptors (Lipinski definition) is 2. The second-order valence-electron chi connectivity index (χ2n) is 4.57. The summed E-state index contributed by atoms with van der Waals surface area (Å²) in [6.45, 7) is 2.68. The number of halogens is 1. The fourth-order valence-electron chi connectivity index (χ4n) is 2.34. The normalized spacial score (nSPS) is 13.5. The Kier molecular flexibility index (Phi) is 3.43. The molecule has 2 aromatic rings. The van der Waals surface area contributed by atoms with Crippen molar-refractivity contribution in [3.63, 3.8) is 0 Å². The number of aromatic nitrogens is 1. The van der Waals surface area contributed by atoms with Gasteiger partial charge in [0.25, 0.3) is 0 Å². The average Bonchev–Trinajstić information content (AvgIpc) is 2.55. The van der Waals surface area contributed by atoms with Gasteiger partial charge in [-0.3, -0.25) is 0 Å². The van der Waals surface area contributed by atoms with E-state index in [9.17, 15) is 0 Å². The van der Waals surface area contributed by atoms with Gasteiger partial charge in [-0.15, -0.1) is 0 Å². The highest BCUT2D eigenvalue weighted by atomic mass is 35.5. The van der Waals surface area contributed by atoms with Crippen LogP contribution in [0.4, 0.5) is 0 Å². The van der Waals surface area contributed by atoms with Crippen LogP contribution in [0.1, 0.15) is 17.3 Å². The Bertz CT molecular complexity index is 531. The largest absolute Gasteiger partial charge is 0.358 e. The molecule has 0 saturated carbocycles. The lowest BCUT2D eigenvalue weighted by molar-refractivity contribution is 0.307. The topological polar surface area (TPSA) is 45.1 Å². The monoisotopic (exact) mass is 251 g/mol. The summed E-state index contributed by atoms with van der Waals surface area (Å²) >= 11 is 6.00. The predicted octanol–water partition coefficient (Wildman–Crippen LogP) is 2.69. The summed E-state index contributed by atoms with van der Waals surface area (Å²) < 4.78 is 0. The summed E-state index contributed by atoms with van der Waals surface area (Å²) in [6.07, 6.45) is 0. The molecule has 1 unspecified atom stereocenters. The number of benzene rings is 1. The van der Waals surface area contributed by atoms with Gasteiger partial charge in [-0.05, 0) is 38.7 Å². The molecular formula is C13H18ClN3. The Morgan fingerprint density at radius 3 is 2.71 bits per heavy atom. The minimum Gasteiger partial charge on any atom is -0.358 e. The molecule has 2 rings (SSSR count). The minimum atomic E-state index is 0.227. The molecule has 92 valence electrons. The van der Waals surface area contributed by atoms with E-state index in [0.29, 0.717) is 6.54 Å². The molecule has 1 atom stereocenters. The van der Waals surface area contributed by atoms with Crippen LogP contribution < -0.4 is 5.73 Å². The van der Waals surface area contributed by atoms with E-state index in [1.165, 1.54) is 10.9 Å². The molecule has 1 aromatic heterocycles. The number of nitrogens with two attached hydrogens (primary N) is 1. The molecule has 17 heavy (non-hydrogen) atoms. The van der Waals surface area contributed by atoms with Crippen LogP contribution in [-0.2, 0) is 0 Å². The molecule has 1 heterocycles. The molecule has 0 fully saturated rings. The van der Waals surface area contributed by atoms with Crippen molar-refractivity contribution in [2.75, 3.05) is 20.6 Å². The Balaban J connectivity index is 2.63. The SMILES string of the molecule is Cc1[nH]c2cc(Cl)ccc2c1C(CN)N(C)C. The van der Waals surface area contributed by atoms with Crippen LogP contribution in [0, 0.1) is 6.92 Å². The predicted molar refractivity (Wildman–Crippen MR) is 73.5 cm³/mol. The molecule has 3 N–H and O–H groups in total. The maximum absolute atomic E-state index is 6.00. The smallest absolute Gasteiger partial charge is 0.0488 e. The van der Waals surface area contributed by atoms with Gasteiger partial charge in [0.2, 0.25) is 0 Å². The first kappa shape index (κ1) is 12.4. The molecule has 4 heteroatoms. The van der Waals surface area contributed by atoms with Gasteiger partial charge in [-0.1, -0.05) is 17.7 Å². The fraction of sp³-hybridized carbons (Fsp3) is 0.385. The third-order valence-corrected chi connectivity index (χ3v) is 3.41. The third kappa shape index (κ3) is 2.18. The number of nitrogens with one attached hydrogen (secondary N) is 1. The molecule has 0 aliphatic rings. The van der Waals surface area contributed by atoms with Crippen LogP contribution in [0.5, 0.6) is 0 Å². The third-order valence-electron chi connectivity index (χ3n) is 3.18. The molecule has 0 aliphatic heterocycles. The maximum atomic E-state index is 6.00. The zero-order valence-corrected chi connectivity index (χ0v) is 11.2. The first-order chi connectivity index (χ1) is 8.04. The van der Waals surface area contributed by atoms with Crippen LogP contribution in [0.15, 0.2) is 18.2 Å². The average molecular weight is 252 g/mol. The van der Waals surface area contributed by atoms with Crippen LogP contribution >= 0.6 is 11.6 Å². The molecule has 0 radical (unpaired) electrons. The number of fused-ring (bicyclic) bond motifs is 1. The second kappa shape index (κ2) is 4.69. The van der Waals surface area contributed by atoms with Crippen LogP contribution in [-0.4, -0.2) is 30.5 Å². The first-order valence-electron chi connectivity index (χ1n) is 5.68. The second-order valence-corrected chi connectivity index (χ2v) is 5.01. The van der Waals surface area contributed by atoms with E-state index in [4.69, 9.17) is 17.3 Å². The van der Waals surface area contributed by atoms with Crippen molar-refractivity contribution in [1.29, 1.82) is 0 Å². The summed E-state index contributed by atoms with van der Waals surface area (Å²) in [6, 6.07) is 6.16. The molecule has 0 spiro atoms. The van der Waals surface area contributed by atoms with Crippen molar-refractivity contribution in [3.8, 4) is 0 Å². The minimum absolute atomic E-state index is 0.227. The molecular weight excluding hydrogens is 234 g/mol. The lowest BCUT2D eigenvalue weighted by Crippen LogP contribution is -2.27. The number of hydrogen-bond donors (Lipinski definition) is 2. The van der Waals surface area contributed by atoms with E-state index < -0.39 is 0 Å². The molecule has 0 amide bonds. The molecule has 0 saturated heterocycles. The van der Waals surface area contributed by atoms with Gasteiger partial charge >= 0.3 is 0 Å². The Morgan fingerprint density at radius 2 is 2.12 bits per heavy atom. The van der Waals surface area contributed by atoms with Gasteiger partial charge < -0.3 is 15.6 Å². The van der Waals surface area contributed by atoms with Crippen molar-refractivity contribution >= 4 is 22.5 Å². The van der Waals surface area contributed by atoms with Gasteiger partial charge in [0, 0.05) is 34.2 Å². The van der Waals surface area contributed by atoms with E-state index in [1.807, 2.05) is 26.2 Å². The summed E-state index contributed by atoms with van der Waals surface area (Å²) in [7, 11) is 4.09. The summed E-state index contributed by atoms with van der Waals surface area (Å²) in [5, 5.41) is 1.95. The summed E-state index contributed by atoms with van der Waals surface area (Å²) in [5.41, 5.74) is 9.37. The number of H-pyrrole nitrogens is 1. The van der Waals surface area contributed by atoms with Gasteiger partial charge in [-0.2, -0.15) is 0 Å². The van der Waals surface area contributed by atoms with Crippen molar-refractivity contribution in [1.82, 2.24) is 9.88 Å². The Labute approximate surface area is 107 Å². The van der Waals surface area contributed by atoms with E-state index in [-0.39, 0.29) is 6.04 Å². The highest BCUT2D eigenvalue weighted by molar-refractivity contribution is 6.31. The number of nitrogens with zero attached hydrogens (tertiary/aromatic N) is 1. The number of likely N-dealkylation sites (N-methyl/N-ethyl adjacent to an activating group) is 1. The zero-order chi connectivity index (χ0) is 12.6. The van der Waals surface area contributed by atoms with Gasteiger partial charge in [0.05, 0.1) is 0 Å². The van der Waals surface area contributed by atoms with E-state index in [0.717, 1.165) is 16.2 Å². The van der Waals surface area contributed by atoms with Gasteiger partial charge in [0.15, 0.2) is 0 Å². The van der Waals surface area contributed by atoms with Crippen LogP contribution in [0.3, 0.4) is 0 Å². The Morgan fingerprint density at radius 1 is 1.41 bits per heavy atom. The maximum Gasteiger partial charge on any atom is 0.0488 e. The summed E-state index contributed by atoms with van der Waals surface area (Å²) in [4.78, 5) is 5.51. The lowest BCUT2D eigenvalue weighted by atomic mass is 10.0. The van der Waals surface area contributed by atoms with Crippen molar-refractivity contribution in [2.24, 2.45) is 5.73 Å². The summed E-state index contributed by atoms with van der Waals surface area (Å²) in [5.74, 6) is 0. The first-order valence-corrected chi connectivity index (χ1v) is 6.06. The zero-order valence-electron chi connectivity index (χ0n) is 10.4. The van der Waals surface area contributed by atoms with Gasteiger partial charge in [-0.25, -0.2) is 0 Å². The van der Waals surface area contributed by atoms with Crippen molar-refractivity contribution < 1.29 is 0 Å².